The summed E-state index contributed by atoms with van der Waals surface area (Å²) in [4.78, 5) is 11.1. The van der Waals surface area contributed by atoms with Gasteiger partial charge in [0.1, 0.15) is 19.0 Å². The molecule has 0 aliphatic rings. The van der Waals surface area contributed by atoms with Crippen molar-refractivity contribution in [2.75, 3.05) is 13.2 Å². The Morgan fingerprint density at radius 2 is 1.84 bits per heavy atom. The maximum atomic E-state index is 11.1. The Morgan fingerprint density at radius 1 is 1.12 bits per heavy atom. The van der Waals surface area contributed by atoms with Crippen molar-refractivity contribution < 1.29 is 19.4 Å². The maximum Gasteiger partial charge on any atom is 0.330 e. The maximum absolute atomic E-state index is 11.1. The van der Waals surface area contributed by atoms with Crippen LogP contribution in [0, 0.1) is 0 Å². The van der Waals surface area contributed by atoms with Crippen molar-refractivity contribution in [3.63, 3.8) is 0 Å². The second-order valence-electron chi connectivity index (χ2n) is 5.66. The molecule has 0 bridgehead atoms. The number of aliphatic hydroxyl groups is 1. The zero-order valence-corrected chi connectivity index (χ0v) is 14.5. The van der Waals surface area contributed by atoms with Gasteiger partial charge in [0.15, 0.2) is 0 Å². The Kier molecular flexibility index (Phi) is 7.23. The number of aliphatic hydroxyl groups excluding tert-OH is 1. The van der Waals surface area contributed by atoms with E-state index in [4.69, 9.17) is 9.47 Å². The summed E-state index contributed by atoms with van der Waals surface area (Å²) >= 11 is 0. The molecule has 0 heterocycles. The molecule has 0 radical (unpaired) electrons. The normalized spacial score (nSPS) is 10.3. The highest BCUT2D eigenvalue weighted by Gasteiger charge is 2.09. The van der Waals surface area contributed by atoms with E-state index in [2.05, 4.69) is 19.6 Å². The molecule has 2 rings (SSSR count). The Balaban J connectivity index is 2.18. The van der Waals surface area contributed by atoms with Gasteiger partial charge >= 0.3 is 5.97 Å². The summed E-state index contributed by atoms with van der Waals surface area (Å²) in [5.74, 6) is 0.306. The fourth-order valence-electron chi connectivity index (χ4n) is 2.51. The number of hydrogen-bond acceptors (Lipinski definition) is 4. The van der Waals surface area contributed by atoms with Crippen LogP contribution in [-0.4, -0.2) is 24.3 Å². The molecular formula is C21H24O4. The lowest BCUT2D eigenvalue weighted by Crippen LogP contribution is -2.10. The zero-order chi connectivity index (χ0) is 18.1. The van der Waals surface area contributed by atoms with E-state index in [1.54, 1.807) is 0 Å². The number of esters is 1. The minimum atomic E-state index is -0.455. The van der Waals surface area contributed by atoms with Crippen LogP contribution in [0.15, 0.2) is 55.1 Å². The molecule has 0 aliphatic carbocycles. The third kappa shape index (κ3) is 5.47. The molecule has 0 aromatic heterocycles. The van der Waals surface area contributed by atoms with Crippen LogP contribution in [0.2, 0.25) is 0 Å². The lowest BCUT2D eigenvalue weighted by molar-refractivity contribution is -0.138. The van der Waals surface area contributed by atoms with Crippen LogP contribution in [-0.2, 0) is 22.6 Å². The van der Waals surface area contributed by atoms with Crippen molar-refractivity contribution in [2.24, 2.45) is 0 Å². The van der Waals surface area contributed by atoms with E-state index >= 15 is 0 Å². The fourth-order valence-corrected chi connectivity index (χ4v) is 2.51. The van der Waals surface area contributed by atoms with Crippen LogP contribution in [0.5, 0.6) is 5.75 Å². The van der Waals surface area contributed by atoms with Gasteiger partial charge < -0.3 is 14.6 Å². The number of ether oxygens (including phenoxy) is 2. The highest BCUT2D eigenvalue weighted by Crippen LogP contribution is 2.31. The van der Waals surface area contributed by atoms with Gasteiger partial charge in [0.2, 0.25) is 0 Å². The molecule has 0 spiro atoms. The highest BCUT2D eigenvalue weighted by molar-refractivity contribution is 5.81. The van der Waals surface area contributed by atoms with E-state index in [0.717, 1.165) is 41.4 Å². The molecule has 2 aromatic carbocycles. The smallest absolute Gasteiger partial charge is 0.330 e. The number of rotatable bonds is 9. The Labute approximate surface area is 148 Å². The van der Waals surface area contributed by atoms with Crippen LogP contribution in [0.1, 0.15) is 24.5 Å². The summed E-state index contributed by atoms with van der Waals surface area (Å²) in [6, 6.07) is 13.9. The predicted molar refractivity (Wildman–Crippen MR) is 98.4 cm³/mol. The quantitative estimate of drug-likeness (QED) is 0.427. The molecule has 4 nitrogen and oxygen atoms in total. The van der Waals surface area contributed by atoms with Gasteiger partial charge in [-0.25, -0.2) is 4.79 Å². The van der Waals surface area contributed by atoms with Crippen molar-refractivity contribution >= 4 is 5.97 Å². The molecule has 0 unspecified atom stereocenters. The van der Waals surface area contributed by atoms with Crippen LogP contribution >= 0.6 is 0 Å². The number of hydrogen-bond donors (Lipinski definition) is 1. The second kappa shape index (κ2) is 9.64. The average molecular weight is 340 g/mol. The number of carbonyl (C=O) groups is 1. The van der Waals surface area contributed by atoms with E-state index in [-0.39, 0.29) is 19.8 Å². The van der Waals surface area contributed by atoms with Gasteiger partial charge in [-0.15, -0.1) is 0 Å². The summed E-state index contributed by atoms with van der Waals surface area (Å²) < 4.78 is 10.8. The van der Waals surface area contributed by atoms with Gasteiger partial charge in [0.05, 0.1) is 6.61 Å². The monoisotopic (exact) mass is 340 g/mol. The molecule has 0 aliphatic heterocycles. The first kappa shape index (κ1) is 18.7. The average Bonchev–Trinajstić information content (AvgIpc) is 2.65. The molecule has 0 fully saturated rings. The first-order valence-corrected chi connectivity index (χ1v) is 8.43. The summed E-state index contributed by atoms with van der Waals surface area (Å²) in [5, 5.41) is 9.18. The zero-order valence-electron chi connectivity index (χ0n) is 14.5. The van der Waals surface area contributed by atoms with Crippen molar-refractivity contribution in [1.82, 2.24) is 0 Å². The fraction of sp³-hybridized carbons (Fsp3) is 0.286. The largest absolute Gasteiger partial charge is 0.489 e. The Morgan fingerprint density at radius 3 is 2.48 bits per heavy atom. The molecule has 0 amide bonds. The third-order valence-electron chi connectivity index (χ3n) is 3.78. The SMILES string of the molecule is C=CC(=O)OCCOc1cc(CCC)ccc1-c1ccc(CO)cc1. The Bertz CT molecular complexity index is 704. The highest BCUT2D eigenvalue weighted by atomic mass is 16.6. The van der Waals surface area contributed by atoms with Crippen molar-refractivity contribution in [3.05, 3.63) is 66.2 Å². The summed E-state index contributed by atoms with van der Waals surface area (Å²) in [6.07, 6.45) is 3.17. The molecular weight excluding hydrogens is 316 g/mol. The van der Waals surface area contributed by atoms with Crippen molar-refractivity contribution in [3.8, 4) is 16.9 Å². The van der Waals surface area contributed by atoms with Crippen LogP contribution in [0.25, 0.3) is 11.1 Å². The lowest BCUT2D eigenvalue weighted by atomic mass is 10.00. The molecule has 132 valence electrons. The summed E-state index contributed by atoms with van der Waals surface area (Å²) in [5.41, 5.74) is 4.05. The van der Waals surface area contributed by atoms with Gasteiger partial charge in [0.25, 0.3) is 0 Å². The minimum Gasteiger partial charge on any atom is -0.489 e. The molecule has 2 aromatic rings. The first-order chi connectivity index (χ1) is 12.2. The first-order valence-electron chi connectivity index (χ1n) is 8.43. The van der Waals surface area contributed by atoms with Gasteiger partial charge in [-0.1, -0.05) is 56.3 Å². The topological polar surface area (TPSA) is 55.8 Å². The van der Waals surface area contributed by atoms with Crippen molar-refractivity contribution in [1.29, 1.82) is 0 Å². The van der Waals surface area contributed by atoms with E-state index in [1.165, 1.54) is 5.56 Å². The molecule has 4 heteroatoms. The molecule has 0 atom stereocenters. The number of carbonyl (C=O) groups excluding carboxylic acids is 1. The van der Waals surface area contributed by atoms with Crippen LogP contribution in [0.3, 0.4) is 0 Å². The molecule has 0 saturated carbocycles. The van der Waals surface area contributed by atoms with Crippen molar-refractivity contribution in [2.45, 2.75) is 26.4 Å². The standard InChI is InChI=1S/C21H24O4/c1-3-5-16-8-11-19(18-9-6-17(15-22)7-10-18)20(14-16)24-12-13-25-21(23)4-2/h4,6-11,14,22H,2-3,5,12-13,15H2,1H3. The second-order valence-corrected chi connectivity index (χ2v) is 5.66. The van der Waals surface area contributed by atoms with Crippen LogP contribution in [0.4, 0.5) is 0 Å². The predicted octanol–water partition coefficient (Wildman–Crippen LogP) is 3.91. The summed E-state index contributed by atoms with van der Waals surface area (Å²) in [6.45, 7) is 5.97. The lowest BCUT2D eigenvalue weighted by Gasteiger charge is -2.14. The van der Waals surface area contributed by atoms with Gasteiger partial charge in [-0.05, 0) is 29.2 Å². The summed E-state index contributed by atoms with van der Waals surface area (Å²) in [7, 11) is 0. The Hall–Kier alpha value is -2.59. The molecule has 0 saturated heterocycles. The number of benzene rings is 2. The van der Waals surface area contributed by atoms with E-state index < -0.39 is 5.97 Å². The number of aryl methyl sites for hydroxylation is 1. The van der Waals surface area contributed by atoms with Gasteiger partial charge in [-0.3, -0.25) is 0 Å². The molecule has 25 heavy (non-hydrogen) atoms. The van der Waals surface area contributed by atoms with E-state index in [9.17, 15) is 9.90 Å². The van der Waals surface area contributed by atoms with Gasteiger partial charge in [0, 0.05) is 11.6 Å². The third-order valence-corrected chi connectivity index (χ3v) is 3.78. The van der Waals surface area contributed by atoms with Crippen LogP contribution < -0.4 is 4.74 Å². The van der Waals surface area contributed by atoms with E-state index in [0.29, 0.717) is 0 Å². The molecule has 1 N–H and O–H groups in total. The van der Waals surface area contributed by atoms with E-state index in [1.807, 2.05) is 36.4 Å². The minimum absolute atomic E-state index is 0.0216. The van der Waals surface area contributed by atoms with Gasteiger partial charge in [-0.2, -0.15) is 0 Å².